The second-order valence-corrected chi connectivity index (χ2v) is 8.04. The highest BCUT2D eigenvalue weighted by Gasteiger charge is 2.21. The van der Waals surface area contributed by atoms with E-state index in [1.54, 1.807) is 24.7 Å². The Kier molecular flexibility index (Phi) is 6.22. The van der Waals surface area contributed by atoms with Crippen LogP contribution in [0.3, 0.4) is 0 Å². The van der Waals surface area contributed by atoms with Crippen molar-refractivity contribution in [2.24, 2.45) is 0 Å². The number of imidazole rings is 1. The highest BCUT2D eigenvalue weighted by Crippen LogP contribution is 2.31. The van der Waals surface area contributed by atoms with Gasteiger partial charge in [0.05, 0.1) is 11.0 Å². The van der Waals surface area contributed by atoms with Gasteiger partial charge in [0.1, 0.15) is 17.1 Å². The van der Waals surface area contributed by atoms with Crippen molar-refractivity contribution >= 4 is 32.6 Å². The summed E-state index contributed by atoms with van der Waals surface area (Å²) in [6.45, 7) is 2.77. The number of benzene rings is 2. The Morgan fingerprint density at radius 1 is 1.23 bits per heavy atom. The smallest absolute Gasteiger partial charge is 0.266 e. The molecule has 0 atom stereocenters. The Morgan fingerprint density at radius 2 is 2.03 bits per heavy atom. The van der Waals surface area contributed by atoms with E-state index in [1.165, 1.54) is 11.0 Å². The fourth-order valence-corrected chi connectivity index (χ4v) is 4.12. The third kappa shape index (κ3) is 5.05. The molecule has 0 unspecified atom stereocenters. The van der Waals surface area contributed by atoms with Gasteiger partial charge in [-0.25, -0.2) is 18.7 Å². The summed E-state index contributed by atoms with van der Waals surface area (Å²) >= 11 is 1.07. The van der Waals surface area contributed by atoms with Gasteiger partial charge < -0.3 is 9.30 Å². The van der Waals surface area contributed by atoms with Crippen molar-refractivity contribution in [2.75, 3.05) is 18.1 Å². The van der Waals surface area contributed by atoms with Gasteiger partial charge in [-0.05, 0) is 31.5 Å². The first-order chi connectivity index (χ1) is 15.0. The predicted molar refractivity (Wildman–Crippen MR) is 115 cm³/mol. The zero-order chi connectivity index (χ0) is 21.8. The van der Waals surface area contributed by atoms with E-state index in [2.05, 4.69) is 9.97 Å². The minimum Gasteiger partial charge on any atom is -0.484 e. The monoisotopic (exact) mass is 442 g/mol. The molecule has 0 aliphatic heterocycles. The van der Waals surface area contributed by atoms with Crippen LogP contribution in [-0.2, 0) is 11.3 Å². The molecule has 0 N–H and O–H groups in total. The summed E-state index contributed by atoms with van der Waals surface area (Å²) in [6, 6.07) is 9.39. The molecule has 0 saturated heterocycles. The molecule has 0 saturated carbocycles. The molecule has 0 bridgehead atoms. The molecule has 0 aliphatic carbocycles. The van der Waals surface area contributed by atoms with Crippen LogP contribution in [0.2, 0.25) is 0 Å². The second kappa shape index (κ2) is 9.22. The molecule has 1 amide bonds. The van der Waals surface area contributed by atoms with E-state index in [4.69, 9.17) is 4.74 Å². The van der Waals surface area contributed by atoms with Gasteiger partial charge in [0, 0.05) is 31.5 Å². The van der Waals surface area contributed by atoms with E-state index in [9.17, 15) is 13.6 Å². The van der Waals surface area contributed by atoms with Gasteiger partial charge in [-0.3, -0.25) is 9.69 Å². The number of ether oxygens (including phenoxy) is 1. The lowest BCUT2D eigenvalue weighted by Gasteiger charge is -2.20. The minimum atomic E-state index is -0.751. The maximum absolute atomic E-state index is 14.1. The number of thiazole rings is 1. The summed E-state index contributed by atoms with van der Waals surface area (Å²) in [5, 5.41) is 0.308. The van der Waals surface area contributed by atoms with Crippen molar-refractivity contribution in [1.29, 1.82) is 0 Å². The molecule has 4 rings (SSSR count). The lowest BCUT2D eigenvalue weighted by Crippen LogP contribution is -2.36. The zero-order valence-electron chi connectivity index (χ0n) is 16.8. The number of halogens is 2. The fraction of sp³-hybridized carbons (Fsp3) is 0.227. The number of aromatic nitrogens is 3. The molecule has 0 radical (unpaired) electrons. The molecule has 9 heteroatoms. The van der Waals surface area contributed by atoms with Gasteiger partial charge in [-0.1, -0.05) is 29.0 Å². The fourth-order valence-electron chi connectivity index (χ4n) is 3.08. The number of aryl methyl sites for hydroxylation is 2. The maximum atomic E-state index is 14.1. The predicted octanol–water partition coefficient (Wildman–Crippen LogP) is 4.58. The molecule has 0 fully saturated rings. The van der Waals surface area contributed by atoms with Crippen molar-refractivity contribution in [2.45, 2.75) is 19.9 Å². The molecule has 2 aromatic heterocycles. The number of anilines is 1. The molecule has 4 aromatic rings. The molecular formula is C22H20F2N4O2S. The maximum Gasteiger partial charge on any atom is 0.266 e. The Morgan fingerprint density at radius 3 is 2.77 bits per heavy atom. The molecule has 2 aromatic carbocycles. The molecule has 0 spiro atoms. The average molecular weight is 442 g/mol. The molecular weight excluding hydrogens is 422 g/mol. The molecule has 6 nitrogen and oxygen atoms in total. The van der Waals surface area contributed by atoms with Gasteiger partial charge in [0.15, 0.2) is 17.6 Å². The highest BCUT2D eigenvalue weighted by atomic mass is 32.1. The SMILES string of the molecule is Cc1ccc(OCC(=O)N(CCCn2ccnc2)c2nc3c(F)cc(F)cc3s2)cc1. The summed E-state index contributed by atoms with van der Waals surface area (Å²) in [5.74, 6) is -1.17. The highest BCUT2D eigenvalue weighted by molar-refractivity contribution is 7.22. The molecule has 31 heavy (non-hydrogen) atoms. The second-order valence-electron chi connectivity index (χ2n) is 7.03. The van der Waals surface area contributed by atoms with Gasteiger partial charge in [0.2, 0.25) is 0 Å². The van der Waals surface area contributed by atoms with E-state index >= 15 is 0 Å². The van der Waals surface area contributed by atoms with E-state index < -0.39 is 11.6 Å². The van der Waals surface area contributed by atoms with Crippen molar-refractivity contribution < 1.29 is 18.3 Å². The number of fused-ring (bicyclic) bond motifs is 1. The van der Waals surface area contributed by atoms with Crippen LogP contribution in [0, 0.1) is 18.6 Å². The summed E-state index contributed by atoms with van der Waals surface area (Å²) < 4.78 is 35.6. The van der Waals surface area contributed by atoms with Crippen molar-refractivity contribution in [3.63, 3.8) is 0 Å². The van der Waals surface area contributed by atoms with Gasteiger partial charge in [-0.2, -0.15) is 0 Å². The summed E-state index contributed by atoms with van der Waals surface area (Å²) in [5.41, 5.74) is 1.14. The third-order valence-corrected chi connectivity index (χ3v) is 5.70. The Balaban J connectivity index is 1.53. The average Bonchev–Trinajstić information content (AvgIpc) is 3.40. The van der Waals surface area contributed by atoms with Crippen LogP contribution in [0.25, 0.3) is 10.2 Å². The van der Waals surface area contributed by atoms with E-state index in [-0.39, 0.29) is 18.0 Å². The topological polar surface area (TPSA) is 60.2 Å². The van der Waals surface area contributed by atoms with Crippen LogP contribution in [0.4, 0.5) is 13.9 Å². The zero-order valence-corrected chi connectivity index (χ0v) is 17.6. The van der Waals surface area contributed by atoms with Crippen molar-refractivity contribution in [1.82, 2.24) is 14.5 Å². The quantitative estimate of drug-likeness (QED) is 0.401. The number of carbonyl (C=O) groups is 1. The van der Waals surface area contributed by atoms with Gasteiger partial charge in [0.25, 0.3) is 5.91 Å². The third-order valence-electron chi connectivity index (χ3n) is 4.67. The van der Waals surface area contributed by atoms with Crippen LogP contribution in [0.5, 0.6) is 5.75 Å². The van der Waals surface area contributed by atoms with Crippen LogP contribution in [0.1, 0.15) is 12.0 Å². The standard InChI is InChI=1S/C22H20F2N4O2S/c1-15-3-5-17(6-4-15)30-13-20(29)28(9-2-8-27-10-7-25-14-27)22-26-21-18(24)11-16(23)12-19(21)31-22/h3-7,10-12,14H,2,8-9,13H2,1H3. The van der Waals surface area contributed by atoms with Crippen LogP contribution in [-0.4, -0.2) is 33.6 Å². The summed E-state index contributed by atoms with van der Waals surface area (Å²) in [6.07, 6.45) is 5.84. The Bertz CT molecular complexity index is 1180. The van der Waals surface area contributed by atoms with E-state index in [1.807, 2.05) is 29.8 Å². The lowest BCUT2D eigenvalue weighted by molar-refractivity contribution is -0.120. The van der Waals surface area contributed by atoms with Gasteiger partial charge >= 0.3 is 0 Å². The first-order valence-electron chi connectivity index (χ1n) is 9.71. The number of nitrogens with zero attached hydrogens (tertiary/aromatic N) is 4. The number of hydrogen-bond donors (Lipinski definition) is 0. The normalized spacial score (nSPS) is 11.1. The number of amides is 1. The van der Waals surface area contributed by atoms with E-state index in [0.29, 0.717) is 35.1 Å². The van der Waals surface area contributed by atoms with Crippen LogP contribution < -0.4 is 9.64 Å². The molecule has 0 aliphatic rings. The number of rotatable bonds is 8. The first kappa shape index (κ1) is 20.9. The lowest BCUT2D eigenvalue weighted by atomic mass is 10.2. The Hall–Kier alpha value is -3.33. The van der Waals surface area contributed by atoms with Gasteiger partial charge in [-0.15, -0.1) is 0 Å². The largest absolute Gasteiger partial charge is 0.484 e. The molecule has 2 heterocycles. The van der Waals surface area contributed by atoms with Crippen molar-refractivity contribution in [3.05, 3.63) is 72.3 Å². The number of hydrogen-bond acceptors (Lipinski definition) is 5. The summed E-state index contributed by atoms with van der Waals surface area (Å²) in [4.78, 5) is 22.7. The molecule has 160 valence electrons. The van der Waals surface area contributed by atoms with Crippen LogP contribution >= 0.6 is 11.3 Å². The first-order valence-corrected chi connectivity index (χ1v) is 10.5. The van der Waals surface area contributed by atoms with Crippen LogP contribution in [0.15, 0.2) is 55.1 Å². The Labute approximate surface area is 181 Å². The summed E-state index contributed by atoms with van der Waals surface area (Å²) in [7, 11) is 0. The van der Waals surface area contributed by atoms with Crippen molar-refractivity contribution in [3.8, 4) is 5.75 Å². The minimum absolute atomic E-state index is 0.0493. The van der Waals surface area contributed by atoms with E-state index in [0.717, 1.165) is 23.0 Å². The number of carbonyl (C=O) groups excluding carboxylic acids is 1.